The predicted molar refractivity (Wildman–Crippen MR) is 64.9 cm³/mol. The van der Waals surface area contributed by atoms with Crippen LogP contribution in [0.25, 0.3) is 0 Å². The van der Waals surface area contributed by atoms with Gasteiger partial charge in [0.15, 0.2) is 0 Å². The first-order valence-electron chi connectivity index (χ1n) is 6.35. The maximum atomic E-state index is 11.8. The van der Waals surface area contributed by atoms with Crippen molar-refractivity contribution in [2.45, 2.75) is 65.0 Å². The molecule has 2 N–H and O–H groups in total. The molecule has 3 atom stereocenters. The van der Waals surface area contributed by atoms with Gasteiger partial charge in [-0.3, -0.25) is 4.79 Å². The van der Waals surface area contributed by atoms with Crippen molar-refractivity contribution >= 4 is 5.97 Å². The van der Waals surface area contributed by atoms with Gasteiger partial charge in [0.2, 0.25) is 0 Å². The Morgan fingerprint density at radius 1 is 1.31 bits per heavy atom. The van der Waals surface area contributed by atoms with Crippen molar-refractivity contribution in [3.63, 3.8) is 0 Å². The first kappa shape index (κ1) is 13.5. The fourth-order valence-electron chi connectivity index (χ4n) is 2.40. The Hall–Kier alpha value is -0.570. The lowest BCUT2D eigenvalue weighted by Crippen LogP contribution is -2.47. The highest BCUT2D eigenvalue weighted by molar-refractivity contribution is 5.80. The first-order valence-corrected chi connectivity index (χ1v) is 6.35. The average Bonchev–Trinajstić information content (AvgIpc) is 2.15. The average molecular weight is 227 g/mol. The molecule has 0 saturated heterocycles. The van der Waals surface area contributed by atoms with Crippen LogP contribution in [0, 0.1) is 11.8 Å². The van der Waals surface area contributed by atoms with E-state index in [2.05, 4.69) is 13.8 Å². The number of ether oxygens (including phenoxy) is 1. The molecule has 0 heterocycles. The van der Waals surface area contributed by atoms with E-state index in [0.29, 0.717) is 18.3 Å². The zero-order valence-electron chi connectivity index (χ0n) is 11.0. The second-order valence-electron chi connectivity index (χ2n) is 5.72. The number of carbonyl (C=O) groups excluding carboxylic acids is 1. The molecule has 1 fully saturated rings. The van der Waals surface area contributed by atoms with Gasteiger partial charge < -0.3 is 10.5 Å². The largest absolute Gasteiger partial charge is 0.461 e. The summed E-state index contributed by atoms with van der Waals surface area (Å²) in [6.07, 6.45) is 3.89. The van der Waals surface area contributed by atoms with Crippen LogP contribution >= 0.6 is 0 Å². The Kier molecular flexibility index (Phi) is 4.36. The highest BCUT2D eigenvalue weighted by atomic mass is 16.5. The molecule has 94 valence electrons. The monoisotopic (exact) mass is 227 g/mol. The third-order valence-electron chi connectivity index (χ3n) is 3.61. The number of hydrogen-bond acceptors (Lipinski definition) is 3. The fraction of sp³-hybridized carbons (Fsp3) is 0.923. The summed E-state index contributed by atoms with van der Waals surface area (Å²) in [7, 11) is 0. The summed E-state index contributed by atoms with van der Waals surface area (Å²) in [5, 5.41) is 0. The summed E-state index contributed by atoms with van der Waals surface area (Å²) in [5.41, 5.74) is 5.04. The first-order chi connectivity index (χ1) is 7.35. The van der Waals surface area contributed by atoms with Crippen LogP contribution < -0.4 is 5.73 Å². The number of rotatable bonds is 3. The summed E-state index contributed by atoms with van der Waals surface area (Å²) in [5.74, 6) is 1.04. The summed E-state index contributed by atoms with van der Waals surface area (Å²) >= 11 is 0. The molecule has 0 amide bonds. The van der Waals surface area contributed by atoms with Crippen LogP contribution in [-0.2, 0) is 9.53 Å². The Balaban J connectivity index is 2.51. The zero-order chi connectivity index (χ0) is 12.3. The molecule has 3 unspecified atom stereocenters. The van der Waals surface area contributed by atoms with E-state index in [1.54, 1.807) is 6.92 Å². The van der Waals surface area contributed by atoms with E-state index in [1.165, 1.54) is 6.42 Å². The SMILES string of the molecule is CCC(C)(N)C(=O)OC1CC(C)CC(C)C1. The lowest BCUT2D eigenvalue weighted by atomic mass is 9.81. The zero-order valence-corrected chi connectivity index (χ0v) is 11.0. The normalized spacial score (nSPS) is 34.2. The molecule has 0 bridgehead atoms. The van der Waals surface area contributed by atoms with E-state index in [-0.39, 0.29) is 12.1 Å². The minimum absolute atomic E-state index is 0.0701. The van der Waals surface area contributed by atoms with E-state index in [0.717, 1.165) is 12.8 Å². The van der Waals surface area contributed by atoms with Crippen LogP contribution in [0.4, 0.5) is 0 Å². The van der Waals surface area contributed by atoms with E-state index in [9.17, 15) is 4.79 Å². The van der Waals surface area contributed by atoms with Gasteiger partial charge in [0.05, 0.1) is 0 Å². The van der Waals surface area contributed by atoms with Crippen LogP contribution in [0.2, 0.25) is 0 Å². The summed E-state index contributed by atoms with van der Waals surface area (Å²) in [6.45, 7) is 8.09. The number of carbonyl (C=O) groups is 1. The Morgan fingerprint density at radius 3 is 2.25 bits per heavy atom. The fourth-order valence-corrected chi connectivity index (χ4v) is 2.40. The summed E-state index contributed by atoms with van der Waals surface area (Å²) in [4.78, 5) is 11.8. The molecular formula is C13H25NO2. The molecule has 0 aromatic heterocycles. The number of hydrogen-bond donors (Lipinski definition) is 1. The van der Waals surface area contributed by atoms with Gasteiger partial charge in [0.1, 0.15) is 11.6 Å². The predicted octanol–water partition coefficient (Wildman–Crippen LogP) is 2.48. The highest BCUT2D eigenvalue weighted by Crippen LogP contribution is 2.30. The maximum Gasteiger partial charge on any atom is 0.326 e. The molecule has 0 radical (unpaired) electrons. The second-order valence-corrected chi connectivity index (χ2v) is 5.72. The molecule has 1 aliphatic rings. The van der Waals surface area contributed by atoms with Gasteiger partial charge in [0.25, 0.3) is 0 Å². The maximum absolute atomic E-state index is 11.8. The molecule has 0 aromatic rings. The molecule has 16 heavy (non-hydrogen) atoms. The lowest BCUT2D eigenvalue weighted by Gasteiger charge is -2.33. The second kappa shape index (κ2) is 5.17. The van der Waals surface area contributed by atoms with Crippen molar-refractivity contribution < 1.29 is 9.53 Å². The minimum atomic E-state index is -0.829. The van der Waals surface area contributed by atoms with Crippen molar-refractivity contribution in [1.82, 2.24) is 0 Å². The van der Waals surface area contributed by atoms with Crippen molar-refractivity contribution in [2.75, 3.05) is 0 Å². The Morgan fingerprint density at radius 2 is 1.81 bits per heavy atom. The highest BCUT2D eigenvalue weighted by Gasteiger charge is 2.33. The quantitative estimate of drug-likeness (QED) is 0.754. The van der Waals surface area contributed by atoms with Gasteiger partial charge >= 0.3 is 5.97 Å². The molecule has 0 aliphatic heterocycles. The van der Waals surface area contributed by atoms with Crippen LogP contribution in [0.1, 0.15) is 53.4 Å². The Bertz CT molecular complexity index is 240. The molecule has 1 rings (SSSR count). The van der Waals surface area contributed by atoms with Crippen molar-refractivity contribution in [2.24, 2.45) is 17.6 Å². The standard InChI is InChI=1S/C13H25NO2/c1-5-13(4,14)12(15)16-11-7-9(2)6-10(3)8-11/h9-11H,5-8,14H2,1-4H3. The molecule has 3 heteroatoms. The van der Waals surface area contributed by atoms with Gasteiger partial charge in [-0.2, -0.15) is 0 Å². The van der Waals surface area contributed by atoms with Crippen molar-refractivity contribution in [3.8, 4) is 0 Å². The molecule has 3 nitrogen and oxygen atoms in total. The van der Waals surface area contributed by atoms with Crippen LogP contribution in [0.3, 0.4) is 0 Å². The third kappa shape index (κ3) is 3.48. The summed E-state index contributed by atoms with van der Waals surface area (Å²) < 4.78 is 5.52. The third-order valence-corrected chi connectivity index (χ3v) is 3.61. The van der Waals surface area contributed by atoms with Crippen LogP contribution in [-0.4, -0.2) is 17.6 Å². The van der Waals surface area contributed by atoms with Gasteiger partial charge in [0, 0.05) is 0 Å². The topological polar surface area (TPSA) is 52.3 Å². The number of nitrogens with two attached hydrogens (primary N) is 1. The van der Waals surface area contributed by atoms with E-state index < -0.39 is 5.54 Å². The van der Waals surface area contributed by atoms with Crippen LogP contribution in [0.15, 0.2) is 0 Å². The lowest BCUT2D eigenvalue weighted by molar-refractivity contribution is -0.158. The van der Waals surface area contributed by atoms with E-state index in [1.807, 2.05) is 6.92 Å². The molecule has 1 aliphatic carbocycles. The van der Waals surface area contributed by atoms with E-state index >= 15 is 0 Å². The molecule has 1 saturated carbocycles. The number of esters is 1. The molecule has 0 spiro atoms. The van der Waals surface area contributed by atoms with Gasteiger partial charge in [-0.25, -0.2) is 0 Å². The van der Waals surface area contributed by atoms with E-state index in [4.69, 9.17) is 10.5 Å². The molecular weight excluding hydrogens is 202 g/mol. The molecule has 0 aromatic carbocycles. The summed E-state index contributed by atoms with van der Waals surface area (Å²) in [6, 6.07) is 0. The smallest absolute Gasteiger partial charge is 0.326 e. The minimum Gasteiger partial charge on any atom is -0.461 e. The van der Waals surface area contributed by atoms with Crippen LogP contribution in [0.5, 0.6) is 0 Å². The van der Waals surface area contributed by atoms with Gasteiger partial charge in [-0.05, 0) is 44.4 Å². The van der Waals surface area contributed by atoms with Crippen molar-refractivity contribution in [1.29, 1.82) is 0 Å². The van der Waals surface area contributed by atoms with Gasteiger partial charge in [-0.15, -0.1) is 0 Å². The van der Waals surface area contributed by atoms with Crippen molar-refractivity contribution in [3.05, 3.63) is 0 Å². The Labute approximate surface area is 98.7 Å². The van der Waals surface area contributed by atoms with Gasteiger partial charge in [-0.1, -0.05) is 20.8 Å².